The Labute approximate surface area is 463 Å². The molecule has 0 aliphatic carbocycles. The van der Waals surface area contributed by atoms with Crippen LogP contribution in [0.3, 0.4) is 0 Å². The molecule has 0 saturated carbocycles. The molecule has 21 fully saturated rings. The van der Waals surface area contributed by atoms with Gasteiger partial charge in [-0.3, -0.25) is 0 Å². The highest BCUT2D eigenvalue weighted by atomic mass is 16.8. The topological polar surface area (TPSA) is 674 Å². The SMILES string of the molecule is O=C(O)[C@H]1O[C@H]2O[C@H]3[C@H](O)[C@@H](O)[C@H](O[C@H]4[C@H](O)[C@@H](O)[C@H](O[C@H]5[C@H](O)[C@@H](O)[C@H](O[C@H]6[C@H](O)[C@@H](O)[C@H](O[C@H]7[C@H](O)[C@@H](O)[C@H](O[C@H]8[C@H](O)[C@@H](O)[C@H](O[C@H]1[C@H](O)[C@H]2O)O[C@@H]8C(=O)O)O[C@@H]7C(=O)O)O[C@@H]6C(=O)O)O[C@@H]5C(=O)O)O[C@@H]4C(=O)O)O[C@@H]3C(=O)O. The lowest BCUT2D eigenvalue weighted by atomic mass is 9.95. The summed E-state index contributed by atoms with van der Waals surface area (Å²) in [5, 5.41) is 228. The molecule has 35 atom stereocenters. The molecule has 476 valence electrons. The van der Waals surface area contributed by atoms with E-state index in [9.17, 15) is 141 Å². The van der Waals surface area contributed by atoms with E-state index in [1.165, 1.54) is 0 Å². The lowest BCUT2D eigenvalue weighted by Crippen LogP contribution is -2.69. The first-order valence-electron chi connectivity index (χ1n) is 24.6. The number of aliphatic hydroxyl groups is 14. The van der Waals surface area contributed by atoms with Crippen LogP contribution in [0.4, 0.5) is 0 Å². The van der Waals surface area contributed by atoms with Crippen molar-refractivity contribution in [2.24, 2.45) is 0 Å². The number of hydrogen-bond donors (Lipinski definition) is 21. The van der Waals surface area contributed by atoms with Crippen LogP contribution in [0.15, 0.2) is 0 Å². The van der Waals surface area contributed by atoms with Crippen LogP contribution in [0.2, 0.25) is 0 Å². The Morgan fingerprint density at radius 1 is 0.167 bits per heavy atom. The second kappa shape index (κ2) is 25.5. The normalized spacial score (nSPS) is 51.3. The van der Waals surface area contributed by atoms with Crippen molar-refractivity contribution in [3.63, 3.8) is 0 Å². The number of aliphatic hydroxyl groups excluding tert-OH is 14. The molecule has 0 unspecified atom stereocenters. The molecule has 0 radical (unpaired) electrons. The van der Waals surface area contributed by atoms with E-state index in [-0.39, 0.29) is 0 Å². The van der Waals surface area contributed by atoms with Crippen LogP contribution in [0.5, 0.6) is 0 Å². The maximum Gasteiger partial charge on any atom is 0.335 e. The van der Waals surface area contributed by atoms with Crippen molar-refractivity contribution in [1.82, 2.24) is 0 Å². The molecule has 0 aromatic carbocycles. The van der Waals surface area contributed by atoms with Crippen LogP contribution < -0.4 is 0 Å². The number of aliphatic carboxylic acids is 7. The zero-order valence-electron chi connectivity index (χ0n) is 41.7. The quantitative estimate of drug-likeness (QED) is 0.113. The molecular formula is C42H56O42. The van der Waals surface area contributed by atoms with Crippen molar-refractivity contribution < 1.29 is 207 Å². The van der Waals surface area contributed by atoms with Gasteiger partial charge in [0.05, 0.1) is 0 Å². The average Bonchev–Trinajstić information content (AvgIpc) is 1.59. The zero-order valence-corrected chi connectivity index (χ0v) is 41.7. The summed E-state index contributed by atoms with van der Waals surface area (Å²) in [5.41, 5.74) is 0. The molecule has 21 N–H and O–H groups in total. The van der Waals surface area contributed by atoms with Gasteiger partial charge in [-0.05, 0) is 0 Å². The van der Waals surface area contributed by atoms with Gasteiger partial charge >= 0.3 is 41.8 Å². The van der Waals surface area contributed by atoms with Crippen LogP contribution in [-0.2, 0) is 99.9 Å². The van der Waals surface area contributed by atoms with Gasteiger partial charge in [-0.15, -0.1) is 0 Å². The number of carboxylic acid groups (broad SMARTS) is 7. The van der Waals surface area contributed by atoms with Crippen LogP contribution in [0, 0.1) is 0 Å². The third-order valence-electron chi connectivity index (χ3n) is 14.6. The van der Waals surface area contributed by atoms with E-state index in [0.29, 0.717) is 0 Å². The van der Waals surface area contributed by atoms with Gasteiger partial charge in [-0.25, -0.2) is 33.6 Å². The van der Waals surface area contributed by atoms with Crippen molar-refractivity contribution in [1.29, 1.82) is 0 Å². The van der Waals surface area contributed by atoms with Crippen molar-refractivity contribution >= 4 is 41.8 Å². The number of carbonyl (C=O) groups is 7. The maximum atomic E-state index is 12.6. The van der Waals surface area contributed by atoms with Crippen LogP contribution in [-0.4, -0.2) is 364 Å². The predicted octanol–water partition coefficient (Wildman–Crippen LogP) is -14.6. The molecule has 42 heteroatoms. The molecule has 14 bridgehead atoms. The minimum atomic E-state index is -2.69. The van der Waals surface area contributed by atoms with Gasteiger partial charge < -0.3 is 174 Å². The molecule has 21 aliphatic heterocycles. The monoisotopic (exact) mass is 1230 g/mol. The molecule has 0 spiro atoms. The molecule has 0 aromatic heterocycles. The molecule has 21 aliphatic rings. The molecule has 42 nitrogen and oxygen atoms in total. The van der Waals surface area contributed by atoms with Gasteiger partial charge in [0.2, 0.25) is 0 Å². The van der Waals surface area contributed by atoms with Crippen LogP contribution >= 0.6 is 0 Å². The van der Waals surface area contributed by atoms with Crippen LogP contribution in [0.1, 0.15) is 0 Å². The number of rotatable bonds is 7. The number of hydrogen-bond acceptors (Lipinski definition) is 35. The highest BCUT2D eigenvalue weighted by Gasteiger charge is 2.63. The third kappa shape index (κ3) is 12.3. The molecule has 84 heavy (non-hydrogen) atoms. The van der Waals surface area contributed by atoms with E-state index in [1.807, 2.05) is 0 Å². The Morgan fingerprint density at radius 2 is 0.262 bits per heavy atom. The Kier molecular flexibility index (Phi) is 19.8. The van der Waals surface area contributed by atoms with Crippen molar-refractivity contribution in [2.75, 3.05) is 0 Å². The predicted molar refractivity (Wildman–Crippen MR) is 232 cm³/mol. The summed E-state index contributed by atoms with van der Waals surface area (Å²) < 4.78 is 73.9. The van der Waals surface area contributed by atoms with Crippen LogP contribution in [0.25, 0.3) is 0 Å². The third-order valence-corrected chi connectivity index (χ3v) is 14.6. The van der Waals surface area contributed by atoms with E-state index >= 15 is 0 Å². The minimum absolute atomic E-state index is 2.16. The molecule has 0 amide bonds. The summed E-state index contributed by atoms with van der Waals surface area (Å²) in [5.74, 6) is -15.1. The lowest BCUT2D eigenvalue weighted by molar-refractivity contribution is -0.387. The van der Waals surface area contributed by atoms with Gasteiger partial charge in [0.15, 0.2) is 86.8 Å². The average molecular weight is 1230 g/mol. The summed E-state index contributed by atoms with van der Waals surface area (Å²) >= 11 is 0. The van der Waals surface area contributed by atoms with Gasteiger partial charge in [0.1, 0.15) is 128 Å². The Morgan fingerprint density at radius 3 is 0.345 bits per heavy atom. The summed E-state index contributed by atoms with van der Waals surface area (Å²) in [4.78, 5) is 88.3. The molecule has 21 heterocycles. The van der Waals surface area contributed by atoms with Gasteiger partial charge in [-0.1, -0.05) is 0 Å². The summed E-state index contributed by atoms with van der Waals surface area (Å²) in [6, 6.07) is 0. The lowest BCUT2D eigenvalue weighted by Gasteiger charge is -2.48. The van der Waals surface area contributed by atoms with Gasteiger partial charge in [-0.2, -0.15) is 0 Å². The van der Waals surface area contributed by atoms with Crippen molar-refractivity contribution in [3.05, 3.63) is 0 Å². The fourth-order valence-corrected chi connectivity index (χ4v) is 10.2. The first-order chi connectivity index (χ1) is 39.3. The smallest absolute Gasteiger partial charge is 0.335 e. The van der Waals surface area contributed by atoms with E-state index in [0.717, 1.165) is 0 Å². The Hall–Kier alpha value is -4.83. The second-order valence-electron chi connectivity index (χ2n) is 19.9. The molecule has 21 rings (SSSR count). The zero-order chi connectivity index (χ0) is 62.1. The summed E-state index contributed by atoms with van der Waals surface area (Å²) in [7, 11) is 0. The fraction of sp³-hybridized carbons (Fsp3) is 0.833. The van der Waals surface area contributed by atoms with E-state index in [1.54, 1.807) is 0 Å². The number of carboxylic acids is 7. The second-order valence-corrected chi connectivity index (χ2v) is 19.9. The first kappa shape index (κ1) is 65.2. The standard InChI is InChI=1S/C42H56O42/c43-1-8(50)36-72-16-3(45)10(52)38(80-23(16)30(59)60)74-18-5(47)12(54)40(82-25(18)32(63)64)76-20-7(49)14(56)42(84-27(20)34(67)68)77-21-6(48)13(55)41(83-28(21)35(69)70)75-19-4(46)11(53)39(81-26(19)33(65)66)73-17-2(44)9(51)37(79-24(17)31(61)62)71-15(1)22(78-36)29(57)58/h1-28,36-56H,(H,57,58)(H,59,60)(H,61,62)(H,63,64)(H,65,66)(H,67,68)(H,69,70)/t1-,2-,3-,4-,5-,6-,7-,8-,9-,10-,11-,12-,13-,14-,15+,16+,17+,18+,19+,20+,21+,22+,23+,24+,25+,26+,27+,28+,36-,37-,38-,39-,40-,41-,42-/m1/s1. The summed E-state index contributed by atoms with van der Waals surface area (Å²) in [6.45, 7) is 0. The fourth-order valence-electron chi connectivity index (χ4n) is 10.2. The molecule has 0 aromatic rings. The largest absolute Gasteiger partial charge is 0.479 e. The van der Waals surface area contributed by atoms with Crippen molar-refractivity contribution in [2.45, 2.75) is 215 Å². The van der Waals surface area contributed by atoms with E-state index in [4.69, 9.17) is 66.3 Å². The van der Waals surface area contributed by atoms with Gasteiger partial charge in [0.25, 0.3) is 0 Å². The minimum Gasteiger partial charge on any atom is -0.479 e. The molecular weight excluding hydrogens is 1180 g/mol. The highest BCUT2D eigenvalue weighted by Crippen LogP contribution is 2.39. The first-order valence-corrected chi connectivity index (χ1v) is 24.6. The van der Waals surface area contributed by atoms with E-state index in [2.05, 4.69) is 0 Å². The van der Waals surface area contributed by atoms with Gasteiger partial charge in [0, 0.05) is 0 Å². The number of ether oxygens (including phenoxy) is 14. The summed E-state index contributed by atoms with van der Waals surface area (Å²) in [6.07, 6.45) is -92.6. The maximum absolute atomic E-state index is 12.6. The Bertz CT molecular complexity index is 1960. The Balaban J connectivity index is 1.14. The van der Waals surface area contributed by atoms with Crippen molar-refractivity contribution in [3.8, 4) is 0 Å². The molecule has 21 saturated heterocycles. The van der Waals surface area contributed by atoms with E-state index < -0.39 is 257 Å². The highest BCUT2D eigenvalue weighted by molar-refractivity contribution is 5.76.